The first-order valence-electron chi connectivity index (χ1n) is 8.00. The van der Waals surface area contributed by atoms with Crippen LogP contribution in [0, 0.1) is 6.92 Å². The molecule has 118 valence electrons. The molecule has 0 spiro atoms. The monoisotopic (exact) mass is 309 g/mol. The van der Waals surface area contributed by atoms with Crippen LogP contribution in [-0.4, -0.2) is 19.1 Å². The number of ether oxygens (including phenoxy) is 2. The number of hydrogen-bond acceptors (Lipinski definition) is 3. The van der Waals surface area contributed by atoms with Gasteiger partial charge in [-0.2, -0.15) is 0 Å². The molecule has 4 nitrogen and oxygen atoms in total. The second kappa shape index (κ2) is 5.61. The van der Waals surface area contributed by atoms with E-state index in [9.17, 15) is 4.79 Å². The van der Waals surface area contributed by atoms with Crippen molar-refractivity contribution in [3.63, 3.8) is 0 Å². The molecule has 0 atom stereocenters. The van der Waals surface area contributed by atoms with Crippen LogP contribution in [-0.2, 0) is 19.4 Å². The van der Waals surface area contributed by atoms with Crippen molar-refractivity contribution < 1.29 is 14.3 Å². The van der Waals surface area contributed by atoms with Crippen molar-refractivity contribution in [2.24, 2.45) is 0 Å². The quantitative estimate of drug-likeness (QED) is 0.948. The molecule has 0 fully saturated rings. The Morgan fingerprint density at radius 1 is 1.17 bits per heavy atom. The van der Waals surface area contributed by atoms with Gasteiger partial charge in [0.2, 0.25) is 0 Å². The van der Waals surface area contributed by atoms with E-state index in [4.69, 9.17) is 9.47 Å². The lowest BCUT2D eigenvalue weighted by molar-refractivity contribution is 0.0947. The third kappa shape index (κ3) is 2.54. The van der Waals surface area contributed by atoms with Gasteiger partial charge in [0.05, 0.1) is 18.8 Å². The van der Waals surface area contributed by atoms with Crippen molar-refractivity contribution >= 4 is 5.91 Å². The van der Waals surface area contributed by atoms with E-state index in [2.05, 4.69) is 11.4 Å². The van der Waals surface area contributed by atoms with Gasteiger partial charge in [-0.3, -0.25) is 4.79 Å². The van der Waals surface area contributed by atoms with E-state index in [1.54, 1.807) is 0 Å². The predicted octanol–water partition coefficient (Wildman–Crippen LogP) is 2.79. The zero-order chi connectivity index (χ0) is 15.8. The predicted molar refractivity (Wildman–Crippen MR) is 87.2 cm³/mol. The van der Waals surface area contributed by atoms with Crippen LogP contribution in [0.5, 0.6) is 11.5 Å². The van der Waals surface area contributed by atoms with Gasteiger partial charge >= 0.3 is 0 Å². The number of carbonyl (C=O) groups excluding carboxylic acids is 1. The second-order valence-electron chi connectivity index (χ2n) is 6.09. The number of hydrogen-bond donors (Lipinski definition) is 1. The van der Waals surface area contributed by atoms with Crippen molar-refractivity contribution in [1.29, 1.82) is 0 Å². The van der Waals surface area contributed by atoms with Gasteiger partial charge < -0.3 is 14.8 Å². The normalized spacial score (nSPS) is 14.7. The Morgan fingerprint density at radius 3 is 2.91 bits per heavy atom. The highest BCUT2D eigenvalue weighted by atomic mass is 16.5. The van der Waals surface area contributed by atoms with E-state index in [-0.39, 0.29) is 5.91 Å². The first-order chi connectivity index (χ1) is 11.2. The van der Waals surface area contributed by atoms with Gasteiger partial charge in [0.1, 0.15) is 11.5 Å². The zero-order valence-corrected chi connectivity index (χ0v) is 13.1. The summed E-state index contributed by atoms with van der Waals surface area (Å²) in [5, 5.41) is 3.03. The highest BCUT2D eigenvalue weighted by molar-refractivity contribution is 6.00. The minimum absolute atomic E-state index is 0.0768. The van der Waals surface area contributed by atoms with Crippen molar-refractivity contribution in [2.45, 2.75) is 26.3 Å². The fourth-order valence-electron chi connectivity index (χ4n) is 3.32. The van der Waals surface area contributed by atoms with Crippen LogP contribution in [0.15, 0.2) is 30.3 Å². The fraction of sp³-hybridized carbons (Fsp3) is 0.316. The Bertz CT molecular complexity index is 750. The molecule has 0 saturated heterocycles. The summed E-state index contributed by atoms with van der Waals surface area (Å²) in [6.45, 7) is 3.83. The molecule has 0 bridgehead atoms. The van der Waals surface area contributed by atoms with Crippen molar-refractivity contribution in [3.8, 4) is 11.5 Å². The summed E-state index contributed by atoms with van der Waals surface area (Å²) in [6, 6.07) is 10.2. The van der Waals surface area contributed by atoms with Gasteiger partial charge in [0, 0.05) is 30.5 Å². The molecule has 0 radical (unpaired) electrons. The van der Waals surface area contributed by atoms with Gasteiger partial charge in [-0.05, 0) is 18.6 Å². The first-order valence-corrected chi connectivity index (χ1v) is 8.00. The third-order valence-electron chi connectivity index (χ3n) is 4.41. The van der Waals surface area contributed by atoms with E-state index >= 15 is 0 Å². The smallest absolute Gasteiger partial charge is 0.255 e. The van der Waals surface area contributed by atoms with Gasteiger partial charge in [-0.1, -0.05) is 29.8 Å². The molecule has 2 aliphatic rings. The Hall–Kier alpha value is -2.49. The van der Waals surface area contributed by atoms with Crippen LogP contribution in [0.3, 0.4) is 0 Å². The van der Waals surface area contributed by atoms with E-state index in [1.807, 2.05) is 31.2 Å². The standard InChI is InChI=1S/C19H19NO3/c1-12-3-2-4-13(9-12)11-20-19(21)17-15-6-8-22-16(15)10-14-5-7-23-18(14)17/h2-4,9-10H,5-8,11H2,1H3,(H,20,21). The Morgan fingerprint density at radius 2 is 2.04 bits per heavy atom. The van der Waals surface area contributed by atoms with Crippen molar-refractivity contribution in [1.82, 2.24) is 5.32 Å². The SMILES string of the molecule is Cc1cccc(CNC(=O)c2c3c(cc4c2OCC4)OCC3)c1. The van der Waals surface area contributed by atoms with Crippen LogP contribution in [0.2, 0.25) is 0 Å². The molecule has 0 unspecified atom stereocenters. The molecule has 1 N–H and O–H groups in total. The van der Waals surface area contributed by atoms with Crippen LogP contribution in [0.1, 0.15) is 32.6 Å². The lowest BCUT2D eigenvalue weighted by atomic mass is 9.99. The Labute approximate surface area is 135 Å². The molecule has 0 aromatic heterocycles. The molecule has 0 aliphatic carbocycles. The van der Waals surface area contributed by atoms with E-state index in [1.165, 1.54) is 5.56 Å². The lowest BCUT2D eigenvalue weighted by Gasteiger charge is -2.13. The Kier molecular flexibility index (Phi) is 3.45. The molecule has 2 heterocycles. The molecule has 2 aliphatic heterocycles. The molecular formula is C19H19NO3. The maximum absolute atomic E-state index is 12.8. The van der Waals surface area contributed by atoms with Crippen LogP contribution in [0.25, 0.3) is 0 Å². The molecule has 23 heavy (non-hydrogen) atoms. The van der Waals surface area contributed by atoms with Gasteiger partial charge in [-0.25, -0.2) is 0 Å². The highest BCUT2D eigenvalue weighted by Gasteiger charge is 2.30. The van der Waals surface area contributed by atoms with Gasteiger partial charge in [0.15, 0.2) is 0 Å². The molecule has 4 rings (SSSR count). The van der Waals surface area contributed by atoms with Crippen molar-refractivity contribution in [2.75, 3.05) is 13.2 Å². The average molecular weight is 309 g/mol. The maximum Gasteiger partial charge on any atom is 0.255 e. The van der Waals surface area contributed by atoms with Crippen LogP contribution in [0.4, 0.5) is 0 Å². The summed E-state index contributed by atoms with van der Waals surface area (Å²) >= 11 is 0. The molecule has 2 aromatic rings. The largest absolute Gasteiger partial charge is 0.493 e. The van der Waals surface area contributed by atoms with Gasteiger partial charge in [-0.15, -0.1) is 0 Å². The summed E-state index contributed by atoms with van der Waals surface area (Å²) in [5.41, 5.74) is 5.01. The second-order valence-corrected chi connectivity index (χ2v) is 6.09. The number of fused-ring (bicyclic) bond motifs is 2. The summed E-state index contributed by atoms with van der Waals surface area (Å²) in [5.74, 6) is 1.51. The van der Waals surface area contributed by atoms with Crippen molar-refractivity contribution in [3.05, 3.63) is 58.1 Å². The zero-order valence-electron chi connectivity index (χ0n) is 13.1. The molecular weight excluding hydrogens is 290 g/mol. The van der Waals surface area contributed by atoms with Gasteiger partial charge in [0.25, 0.3) is 5.91 Å². The number of aryl methyl sites for hydroxylation is 1. The minimum Gasteiger partial charge on any atom is -0.493 e. The summed E-state index contributed by atoms with van der Waals surface area (Å²) in [6.07, 6.45) is 1.60. The van der Waals surface area contributed by atoms with E-state index in [0.717, 1.165) is 41.0 Å². The molecule has 2 aromatic carbocycles. The number of carbonyl (C=O) groups is 1. The molecule has 0 saturated carbocycles. The minimum atomic E-state index is -0.0768. The number of benzene rings is 2. The summed E-state index contributed by atoms with van der Waals surface area (Å²) in [7, 11) is 0. The lowest BCUT2D eigenvalue weighted by Crippen LogP contribution is -2.24. The molecule has 4 heteroatoms. The topological polar surface area (TPSA) is 47.6 Å². The number of amides is 1. The highest BCUT2D eigenvalue weighted by Crippen LogP contribution is 2.40. The Balaban J connectivity index is 1.61. The van der Waals surface area contributed by atoms with E-state index < -0.39 is 0 Å². The van der Waals surface area contributed by atoms with E-state index in [0.29, 0.717) is 25.3 Å². The summed E-state index contributed by atoms with van der Waals surface area (Å²) in [4.78, 5) is 12.8. The third-order valence-corrected chi connectivity index (χ3v) is 4.41. The first kappa shape index (κ1) is 14.1. The van der Waals surface area contributed by atoms with Crippen LogP contribution < -0.4 is 14.8 Å². The number of rotatable bonds is 3. The molecule has 1 amide bonds. The maximum atomic E-state index is 12.8. The fourth-order valence-corrected chi connectivity index (χ4v) is 3.32. The number of nitrogens with one attached hydrogen (secondary N) is 1. The average Bonchev–Trinajstić information content (AvgIpc) is 3.18. The summed E-state index contributed by atoms with van der Waals surface area (Å²) < 4.78 is 11.4. The van der Waals surface area contributed by atoms with Crippen LogP contribution >= 0.6 is 0 Å².